The van der Waals surface area contributed by atoms with Gasteiger partial charge in [-0.2, -0.15) is 0 Å². The summed E-state index contributed by atoms with van der Waals surface area (Å²) in [6, 6.07) is 5.46. The van der Waals surface area contributed by atoms with Crippen LogP contribution in [0.4, 0.5) is 14.4 Å². The van der Waals surface area contributed by atoms with Gasteiger partial charge in [0.05, 0.1) is 27.0 Å². The molecule has 452 valence electrons. The average Bonchev–Trinajstić information content (AvgIpc) is 3.69. The summed E-state index contributed by atoms with van der Waals surface area (Å²) in [5.41, 5.74) is -0.827. The van der Waals surface area contributed by atoms with Crippen LogP contribution in [0.25, 0.3) is 44.3 Å². The summed E-state index contributed by atoms with van der Waals surface area (Å²) in [4.78, 5) is 93.8. The van der Waals surface area contributed by atoms with E-state index in [4.69, 9.17) is 84.9 Å². The normalized spacial score (nSPS) is 12.9. The number of hydrogen-bond acceptors (Lipinski definition) is 20. The molecule has 80 heavy (non-hydrogen) atoms. The third-order valence-electron chi connectivity index (χ3n) is 11.3. The van der Waals surface area contributed by atoms with Crippen molar-refractivity contribution < 1.29 is 75.8 Å². The summed E-state index contributed by atoms with van der Waals surface area (Å²) in [5.74, 6) is -3.45. The molecule has 1 aliphatic heterocycles. The number of nitrogens with zero attached hydrogens (tertiary/aromatic N) is 1. The minimum absolute atomic E-state index is 0. The SMILES string of the molecule is COc1cc(-c2c3n(c4c(=O)oc5cc(OC(=O)[C@H](C[S-])NC(=O)OC(C)(C)C)c(C)cc5c24)CCc2c-3cc(OC)c(OC)c2OC(=O)[C@H](C[S-])NC(=O)OC(C)(C)C)ccc1OC(=O)[C@H](C[S-])NC(=O)OC(C)(C)C.[Fm].[Fm].[Fm]. The Bertz CT molecular complexity index is 3200. The summed E-state index contributed by atoms with van der Waals surface area (Å²) in [7, 11) is 4.10. The van der Waals surface area contributed by atoms with Crippen molar-refractivity contribution in [3.8, 4) is 56.9 Å². The number of nitrogens with one attached hydrogen (secondary N) is 3. The second kappa shape index (κ2) is 25.0. The van der Waals surface area contributed by atoms with Gasteiger partial charge in [0.25, 0.3) is 0 Å². The van der Waals surface area contributed by atoms with E-state index >= 15 is 0 Å². The van der Waals surface area contributed by atoms with Crippen molar-refractivity contribution in [1.29, 1.82) is 0 Å². The molecule has 0 fully saturated rings. The molecule has 3 atom stereocenters. The summed E-state index contributed by atoms with van der Waals surface area (Å²) in [6.07, 6.45) is -2.51. The van der Waals surface area contributed by atoms with Crippen LogP contribution in [-0.4, -0.2) is 114 Å². The van der Waals surface area contributed by atoms with Crippen molar-refractivity contribution in [3.05, 3.63) is 57.9 Å². The zero-order chi connectivity index (χ0) is 57.1. The van der Waals surface area contributed by atoms with Gasteiger partial charge in [-0.05, 0) is 111 Å². The number of amides is 3. The maximum atomic E-state index is 14.6. The second-order valence-corrected chi connectivity index (χ2v) is 21.5. The Balaban J connectivity index is 0.00000560. The first-order chi connectivity index (χ1) is 36.0. The van der Waals surface area contributed by atoms with Gasteiger partial charge in [0, 0.05) is 40.1 Å². The van der Waals surface area contributed by atoms with Crippen molar-refractivity contribution in [2.24, 2.45) is 0 Å². The number of ether oxygens (including phenoxy) is 9. The molecule has 5 aromatic rings. The third kappa shape index (κ3) is 14.2. The molecule has 0 bridgehead atoms. The number of hydrogen-bond donors (Lipinski definition) is 3. The number of esters is 3. The number of fused-ring (bicyclic) bond motifs is 7. The Morgan fingerprint density at radius 1 is 0.613 bits per heavy atom. The Morgan fingerprint density at radius 3 is 1.54 bits per heavy atom. The van der Waals surface area contributed by atoms with Crippen LogP contribution in [0.3, 0.4) is 0 Å². The van der Waals surface area contributed by atoms with E-state index in [0.717, 1.165) is 0 Å². The fraction of sp³-hybridized carbons (Fsp3) is 0.453. The molecule has 6 rings (SSSR count). The number of carbonyl (C=O) groups is 6. The van der Waals surface area contributed by atoms with Crippen molar-refractivity contribution in [2.75, 3.05) is 38.6 Å². The van der Waals surface area contributed by atoms with Gasteiger partial charge in [-0.25, -0.2) is 33.6 Å². The average molecular weight is 1890 g/mol. The van der Waals surface area contributed by atoms with E-state index in [1.165, 1.54) is 33.5 Å². The largest absolute Gasteiger partial charge is 0.790 e. The molecule has 3 aromatic carbocycles. The topological polar surface area (TPSA) is 257 Å². The molecular weight excluding hydrogens is 1830 g/mol. The van der Waals surface area contributed by atoms with E-state index in [9.17, 15) is 33.6 Å². The van der Waals surface area contributed by atoms with E-state index in [1.54, 1.807) is 98.1 Å². The molecule has 1 aliphatic rings. The van der Waals surface area contributed by atoms with E-state index in [0.29, 0.717) is 44.3 Å². The maximum Gasteiger partial charge on any atom is 0.408 e. The quantitative estimate of drug-likeness (QED) is 0.0295. The number of methoxy groups -OCH3 is 3. The third-order valence-corrected chi connectivity index (χ3v) is 12.3. The first-order valence-electron chi connectivity index (χ1n) is 24.0. The molecule has 0 saturated carbocycles. The van der Waals surface area contributed by atoms with Gasteiger partial charge in [-0.3, -0.25) is 0 Å². The number of aryl methyl sites for hydroxylation is 2. The monoisotopic (exact) mass is 1890 g/mol. The van der Waals surface area contributed by atoms with Gasteiger partial charge >= 0.3 is 41.8 Å². The smallest absolute Gasteiger partial charge is 0.408 e. The van der Waals surface area contributed by atoms with Gasteiger partial charge in [-0.15, -0.1) is 17.3 Å². The molecule has 21 nitrogen and oxygen atoms in total. The molecule has 0 unspecified atom stereocenters. The molecule has 0 aliphatic carbocycles. The molecule has 3 amide bonds. The van der Waals surface area contributed by atoms with Crippen LogP contribution in [-0.2, 0) is 79.4 Å². The first kappa shape index (κ1) is 64.4. The van der Waals surface area contributed by atoms with Crippen molar-refractivity contribution in [3.63, 3.8) is 0 Å². The number of benzene rings is 3. The molecule has 0 radical (unpaired) electrons. The standard InChI is InChI=1S/C53H64N4O17S3.3Fm/c1-25-18-29-35(21-34(25)69-45(59)31(23-76)55-49(63)73-52(5,6)7)70-47(61)41-39(29)38(26-14-15-33(36(19-26)65-11)68-44(58)30(22-75)54-48(62)72-51(2,3)4)40-28-20-37(66-12)43(67-13)42(27(28)16-17-57(40)41)71-46(60)32(24-77)56-50(64)74-53(8,9)10;;;/h14-15,18-21,30-32,75-77H,16-17,22-24H2,1-13H3,(H,54,62)(H,55,63)(H,56,64);;;/p-3/t30-,31-,32-;;;/m0.../s1. The molecule has 27 heteroatoms. The predicted molar refractivity (Wildman–Crippen MR) is 290 cm³/mol. The predicted octanol–water partition coefficient (Wildman–Crippen LogP) is 7.01. The summed E-state index contributed by atoms with van der Waals surface area (Å²) in [6.45, 7) is 16.7. The van der Waals surface area contributed by atoms with Crippen LogP contribution < -0.4 is 50.0 Å². The van der Waals surface area contributed by atoms with E-state index < -0.39 is 76.7 Å². The minimum Gasteiger partial charge on any atom is -0.790 e. The van der Waals surface area contributed by atoms with Crippen LogP contribution in [0, 0.1) is 6.92 Å². The summed E-state index contributed by atoms with van der Waals surface area (Å²) < 4.78 is 59.0. The van der Waals surface area contributed by atoms with Gasteiger partial charge in [0.1, 0.15) is 51.8 Å². The van der Waals surface area contributed by atoms with Crippen molar-refractivity contribution >= 4 is 95.9 Å². The molecule has 2 aromatic heterocycles. The van der Waals surface area contributed by atoms with Gasteiger partial charge in [0.2, 0.25) is 5.75 Å². The fourth-order valence-electron chi connectivity index (χ4n) is 8.17. The second-order valence-electron chi connectivity index (χ2n) is 20.5. The maximum absolute atomic E-state index is 14.6. The van der Waals surface area contributed by atoms with E-state index in [1.807, 2.05) is 0 Å². The first-order valence-corrected chi connectivity index (χ1v) is 25.8. The zero-order valence-corrected chi connectivity index (χ0v) is 55.4. The van der Waals surface area contributed by atoms with Crippen LogP contribution in [0.1, 0.15) is 73.4 Å². The zero-order valence-electron chi connectivity index (χ0n) is 45.7. The summed E-state index contributed by atoms with van der Waals surface area (Å²) in [5, 5.41) is 8.11. The number of aromatic nitrogens is 1. The van der Waals surface area contributed by atoms with Crippen LogP contribution in [0.2, 0.25) is 0 Å². The summed E-state index contributed by atoms with van der Waals surface area (Å²) >= 11 is 15.6. The van der Waals surface area contributed by atoms with Crippen LogP contribution in [0.5, 0.6) is 34.5 Å². The molecular formula is C53H61Fm3N4O17S3-3. The number of rotatable bonds is 16. The van der Waals surface area contributed by atoms with E-state index in [-0.39, 0.29) is 75.8 Å². The van der Waals surface area contributed by atoms with Crippen LogP contribution >= 0.6 is 0 Å². The Morgan fingerprint density at radius 2 is 1.09 bits per heavy atom. The fourth-order valence-corrected chi connectivity index (χ4v) is 8.83. The Hall–Kier alpha value is -9.92. The van der Waals surface area contributed by atoms with E-state index in [2.05, 4.69) is 16.0 Å². The molecule has 0 saturated heterocycles. The minimum atomic E-state index is -1.33. The van der Waals surface area contributed by atoms with Gasteiger partial charge in [-0.1, -0.05) is 6.07 Å². The van der Waals surface area contributed by atoms with Crippen molar-refractivity contribution in [1.82, 2.24) is 20.5 Å². The number of carbonyl (C=O) groups excluding carboxylic acids is 6. The van der Waals surface area contributed by atoms with Gasteiger partial charge < -0.3 is 105 Å². The Labute approximate surface area is 460 Å². The Kier molecular flexibility index (Phi) is 20.1. The number of alkyl carbamates (subject to hydrolysis) is 3. The van der Waals surface area contributed by atoms with Crippen LogP contribution in [0.15, 0.2) is 45.6 Å². The molecule has 3 N–H and O–H groups in total. The molecule has 0 spiro atoms. The van der Waals surface area contributed by atoms with Crippen molar-refractivity contribution in [2.45, 2.75) is 117 Å². The molecule has 3 heterocycles. The van der Waals surface area contributed by atoms with Gasteiger partial charge in [0.15, 0.2) is 23.0 Å².